The van der Waals surface area contributed by atoms with Crippen LogP contribution in [0.3, 0.4) is 0 Å². The number of allylic oxidation sites excluding steroid dienone is 2. The Labute approximate surface area is 118 Å². The third-order valence-corrected chi connectivity index (χ3v) is 5.51. The Kier molecular flexibility index (Phi) is 5.35. The first kappa shape index (κ1) is 16.0. The van der Waals surface area contributed by atoms with Gasteiger partial charge in [0.25, 0.3) is 0 Å². The van der Waals surface area contributed by atoms with Crippen molar-refractivity contribution >= 4 is 18.8 Å². The molecule has 1 heterocycles. The van der Waals surface area contributed by atoms with E-state index in [1.807, 2.05) is 13.8 Å². The second-order valence-electron chi connectivity index (χ2n) is 5.96. The molecule has 0 amide bonds. The highest BCUT2D eigenvalue weighted by atomic mass is 28.3. The number of hydrogen-bond acceptors (Lipinski definition) is 2. The molecule has 0 aliphatic carbocycles. The molecule has 0 spiro atoms. The van der Waals surface area contributed by atoms with Gasteiger partial charge in [-0.05, 0) is 44.0 Å². The van der Waals surface area contributed by atoms with E-state index in [1.54, 1.807) is 0 Å². The number of aryl methyl sites for hydroxylation is 1. The second kappa shape index (κ2) is 6.37. The van der Waals surface area contributed by atoms with Gasteiger partial charge in [-0.1, -0.05) is 26.6 Å². The van der Waals surface area contributed by atoms with Crippen LogP contribution in [0, 0.1) is 6.92 Å². The first-order valence-corrected chi connectivity index (χ1v) is 10.6. The first-order valence-electron chi connectivity index (χ1n) is 7.11. The molecule has 0 bridgehead atoms. The lowest BCUT2D eigenvalue weighted by Crippen LogP contribution is -2.39. The van der Waals surface area contributed by atoms with Gasteiger partial charge in [0.1, 0.15) is 0 Å². The van der Waals surface area contributed by atoms with E-state index < -0.39 is 8.07 Å². The maximum Gasteiger partial charge on any atom is 0.0981 e. The lowest BCUT2D eigenvalue weighted by molar-refractivity contribution is 0.232. The predicted molar refractivity (Wildman–Crippen MR) is 86.5 cm³/mol. The number of pyridine rings is 1. The maximum atomic E-state index is 5.63. The summed E-state index contributed by atoms with van der Waals surface area (Å²) in [5.41, 5.74) is 3.64. The van der Waals surface area contributed by atoms with Gasteiger partial charge in [0.15, 0.2) is 0 Å². The normalized spacial score (nSPS) is 13.2. The molecule has 2 nitrogen and oxygen atoms in total. The topological polar surface area (TPSA) is 22.1 Å². The number of rotatable bonds is 5. The molecule has 0 unspecified atom stereocenters. The van der Waals surface area contributed by atoms with E-state index in [2.05, 4.69) is 50.7 Å². The number of ether oxygens (including phenoxy) is 1. The Morgan fingerprint density at radius 2 is 1.89 bits per heavy atom. The molecule has 0 radical (unpaired) electrons. The van der Waals surface area contributed by atoms with Crippen molar-refractivity contribution in [2.75, 3.05) is 6.61 Å². The molecule has 0 fully saturated rings. The zero-order valence-corrected chi connectivity index (χ0v) is 14.4. The smallest absolute Gasteiger partial charge is 0.0981 e. The lowest BCUT2D eigenvalue weighted by Gasteiger charge is -2.20. The van der Waals surface area contributed by atoms with Gasteiger partial charge in [-0.15, -0.1) is 0 Å². The van der Waals surface area contributed by atoms with Crippen LogP contribution >= 0.6 is 0 Å². The van der Waals surface area contributed by atoms with Gasteiger partial charge in [-0.2, -0.15) is 0 Å². The van der Waals surface area contributed by atoms with Gasteiger partial charge in [0.2, 0.25) is 0 Å². The summed E-state index contributed by atoms with van der Waals surface area (Å²) in [7, 11) is -1.30. The SMILES string of the molecule is CCO/C(C)=C(/CC)c1cc(C)c([Si](C)(C)C)cn1. The minimum absolute atomic E-state index is 0.710. The van der Waals surface area contributed by atoms with E-state index in [0.717, 1.165) is 17.9 Å². The summed E-state index contributed by atoms with van der Waals surface area (Å²) < 4.78 is 5.63. The highest BCUT2D eigenvalue weighted by Crippen LogP contribution is 2.22. The average Bonchev–Trinajstić information content (AvgIpc) is 2.28. The van der Waals surface area contributed by atoms with Crippen LogP contribution in [-0.2, 0) is 4.74 Å². The minimum atomic E-state index is -1.30. The molecular formula is C16H27NOSi. The Bertz CT molecular complexity index is 472. The summed E-state index contributed by atoms with van der Waals surface area (Å²) in [5.74, 6) is 0.998. The summed E-state index contributed by atoms with van der Waals surface area (Å²) in [6, 6.07) is 2.22. The minimum Gasteiger partial charge on any atom is -0.498 e. The van der Waals surface area contributed by atoms with Gasteiger partial charge in [0, 0.05) is 11.8 Å². The van der Waals surface area contributed by atoms with E-state index in [9.17, 15) is 0 Å². The number of nitrogens with zero attached hydrogens (tertiary/aromatic N) is 1. The zero-order chi connectivity index (χ0) is 14.6. The first-order chi connectivity index (χ1) is 8.81. The van der Waals surface area contributed by atoms with E-state index in [1.165, 1.54) is 16.3 Å². The van der Waals surface area contributed by atoms with Crippen molar-refractivity contribution in [3.05, 3.63) is 29.3 Å². The lowest BCUT2D eigenvalue weighted by atomic mass is 10.1. The molecule has 0 atom stereocenters. The Hall–Kier alpha value is -1.09. The van der Waals surface area contributed by atoms with Gasteiger partial charge < -0.3 is 4.74 Å². The molecule has 0 saturated carbocycles. The molecule has 1 aromatic rings. The fraction of sp³-hybridized carbons (Fsp3) is 0.562. The van der Waals surface area contributed by atoms with E-state index in [0.29, 0.717) is 6.61 Å². The number of aromatic nitrogens is 1. The van der Waals surface area contributed by atoms with E-state index in [-0.39, 0.29) is 0 Å². The third-order valence-electron chi connectivity index (χ3n) is 3.37. The molecule has 1 aromatic heterocycles. The predicted octanol–water partition coefficient (Wildman–Crippen LogP) is 4.11. The fourth-order valence-electron chi connectivity index (χ4n) is 2.42. The molecule has 0 aliphatic rings. The van der Waals surface area contributed by atoms with Crippen LogP contribution in [0.2, 0.25) is 19.6 Å². The Morgan fingerprint density at radius 3 is 2.32 bits per heavy atom. The molecular weight excluding hydrogens is 250 g/mol. The molecule has 1 rings (SSSR count). The van der Waals surface area contributed by atoms with Crippen LogP contribution in [0.15, 0.2) is 18.0 Å². The van der Waals surface area contributed by atoms with Gasteiger partial charge in [-0.3, -0.25) is 4.98 Å². The van der Waals surface area contributed by atoms with Crippen LogP contribution in [0.4, 0.5) is 0 Å². The summed E-state index contributed by atoms with van der Waals surface area (Å²) in [6.45, 7) is 16.2. The zero-order valence-electron chi connectivity index (χ0n) is 13.4. The van der Waals surface area contributed by atoms with Crippen molar-refractivity contribution < 1.29 is 4.74 Å². The Morgan fingerprint density at radius 1 is 1.26 bits per heavy atom. The molecule has 0 saturated heterocycles. The second-order valence-corrected chi connectivity index (χ2v) is 11.0. The largest absolute Gasteiger partial charge is 0.498 e. The van der Waals surface area contributed by atoms with Crippen molar-refractivity contribution in [1.29, 1.82) is 0 Å². The van der Waals surface area contributed by atoms with E-state index in [4.69, 9.17) is 4.74 Å². The van der Waals surface area contributed by atoms with Crippen LogP contribution < -0.4 is 5.19 Å². The Balaban J connectivity index is 3.23. The van der Waals surface area contributed by atoms with Crippen LogP contribution in [0.25, 0.3) is 5.57 Å². The van der Waals surface area contributed by atoms with Crippen molar-refractivity contribution in [1.82, 2.24) is 4.98 Å². The van der Waals surface area contributed by atoms with Crippen molar-refractivity contribution in [3.8, 4) is 0 Å². The van der Waals surface area contributed by atoms with Crippen LogP contribution in [0.5, 0.6) is 0 Å². The standard InChI is InChI=1S/C16H27NOSi/c1-8-14(13(4)18-9-2)15-10-12(3)16(11-17-15)19(5,6)7/h10-11H,8-9H2,1-7H3/b14-13-. The van der Waals surface area contributed by atoms with E-state index >= 15 is 0 Å². The molecule has 0 N–H and O–H groups in total. The molecule has 3 heteroatoms. The quantitative estimate of drug-likeness (QED) is 0.597. The van der Waals surface area contributed by atoms with Crippen molar-refractivity contribution in [2.45, 2.75) is 53.8 Å². The summed E-state index contributed by atoms with van der Waals surface area (Å²) in [4.78, 5) is 4.68. The fourth-order valence-corrected chi connectivity index (χ4v) is 4.13. The maximum absolute atomic E-state index is 5.63. The van der Waals surface area contributed by atoms with Gasteiger partial charge >= 0.3 is 0 Å². The van der Waals surface area contributed by atoms with Crippen molar-refractivity contribution in [3.63, 3.8) is 0 Å². The third kappa shape index (κ3) is 3.93. The van der Waals surface area contributed by atoms with Gasteiger partial charge in [-0.25, -0.2) is 0 Å². The average molecular weight is 277 g/mol. The molecule has 19 heavy (non-hydrogen) atoms. The van der Waals surface area contributed by atoms with Crippen LogP contribution in [-0.4, -0.2) is 19.7 Å². The van der Waals surface area contributed by atoms with Gasteiger partial charge in [0.05, 0.1) is 26.1 Å². The number of hydrogen-bond donors (Lipinski definition) is 0. The summed E-state index contributed by atoms with van der Waals surface area (Å²) >= 11 is 0. The summed E-state index contributed by atoms with van der Waals surface area (Å²) in [5, 5.41) is 1.45. The molecule has 106 valence electrons. The monoisotopic (exact) mass is 277 g/mol. The summed E-state index contributed by atoms with van der Waals surface area (Å²) in [6.07, 6.45) is 3.02. The highest BCUT2D eigenvalue weighted by Gasteiger charge is 2.20. The molecule has 0 aromatic carbocycles. The molecule has 0 aliphatic heterocycles. The van der Waals surface area contributed by atoms with Crippen LogP contribution in [0.1, 0.15) is 38.4 Å². The highest BCUT2D eigenvalue weighted by molar-refractivity contribution is 6.89. The van der Waals surface area contributed by atoms with Crippen molar-refractivity contribution in [2.24, 2.45) is 0 Å².